The molecule has 108 valence electrons. The standard InChI is InChI=1S/C9H18F3N3O2S/c1-8(2,7(13)14)6-15-18(16,17)5-3-4-9(10,11)12/h15H,3-6H2,1-2H3,(H3,13,14). The number of sulfonamides is 1. The number of hydrogen-bond acceptors (Lipinski definition) is 3. The average molecular weight is 289 g/mol. The van der Waals surface area contributed by atoms with Crippen LogP contribution in [-0.4, -0.2) is 32.7 Å². The molecule has 0 bridgehead atoms. The van der Waals surface area contributed by atoms with Crippen molar-refractivity contribution in [1.82, 2.24) is 4.72 Å². The van der Waals surface area contributed by atoms with E-state index in [-0.39, 0.29) is 12.4 Å². The van der Waals surface area contributed by atoms with Gasteiger partial charge in [-0.25, -0.2) is 13.1 Å². The van der Waals surface area contributed by atoms with Crippen LogP contribution in [0.25, 0.3) is 0 Å². The van der Waals surface area contributed by atoms with Crippen molar-refractivity contribution < 1.29 is 21.6 Å². The molecule has 0 amide bonds. The number of hydrogen-bond donors (Lipinski definition) is 3. The van der Waals surface area contributed by atoms with E-state index in [0.717, 1.165) is 0 Å². The summed E-state index contributed by atoms with van der Waals surface area (Å²) < 4.78 is 60.5. The second-order valence-electron chi connectivity index (χ2n) is 4.66. The van der Waals surface area contributed by atoms with Gasteiger partial charge in [-0.15, -0.1) is 0 Å². The lowest BCUT2D eigenvalue weighted by molar-refractivity contribution is -0.134. The van der Waals surface area contributed by atoms with E-state index in [2.05, 4.69) is 4.72 Å². The van der Waals surface area contributed by atoms with E-state index < -0.39 is 40.2 Å². The highest BCUT2D eigenvalue weighted by atomic mass is 32.2. The first-order valence-electron chi connectivity index (χ1n) is 5.24. The monoisotopic (exact) mass is 289 g/mol. The Morgan fingerprint density at radius 2 is 1.83 bits per heavy atom. The maximum absolute atomic E-state index is 11.9. The molecular weight excluding hydrogens is 271 g/mol. The van der Waals surface area contributed by atoms with Crippen LogP contribution in [0, 0.1) is 10.8 Å². The number of nitrogens with one attached hydrogen (secondary N) is 2. The van der Waals surface area contributed by atoms with E-state index in [1.54, 1.807) is 13.8 Å². The quantitative estimate of drug-likeness (QED) is 0.485. The summed E-state index contributed by atoms with van der Waals surface area (Å²) in [5.74, 6) is -0.791. The third-order valence-electron chi connectivity index (χ3n) is 2.34. The van der Waals surface area contributed by atoms with Gasteiger partial charge in [0.1, 0.15) is 0 Å². The summed E-state index contributed by atoms with van der Waals surface area (Å²) in [6.45, 7) is 3.01. The van der Waals surface area contributed by atoms with E-state index >= 15 is 0 Å². The van der Waals surface area contributed by atoms with E-state index in [1.165, 1.54) is 0 Å². The second kappa shape index (κ2) is 5.87. The van der Waals surface area contributed by atoms with Gasteiger partial charge in [0.15, 0.2) is 0 Å². The Hall–Kier alpha value is -0.830. The number of halogens is 3. The van der Waals surface area contributed by atoms with Gasteiger partial charge in [-0.2, -0.15) is 13.2 Å². The van der Waals surface area contributed by atoms with Crippen molar-refractivity contribution in [1.29, 1.82) is 5.41 Å². The summed E-state index contributed by atoms with van der Waals surface area (Å²) in [5, 5.41) is 7.22. The fourth-order valence-corrected chi connectivity index (χ4v) is 2.17. The van der Waals surface area contributed by atoms with Gasteiger partial charge in [0.25, 0.3) is 0 Å². The van der Waals surface area contributed by atoms with Gasteiger partial charge in [0.05, 0.1) is 11.6 Å². The van der Waals surface area contributed by atoms with Crippen molar-refractivity contribution in [3.05, 3.63) is 0 Å². The first kappa shape index (κ1) is 17.2. The minimum atomic E-state index is -4.35. The van der Waals surface area contributed by atoms with Gasteiger partial charge < -0.3 is 5.73 Å². The Morgan fingerprint density at radius 1 is 1.33 bits per heavy atom. The minimum absolute atomic E-state index is 0.114. The van der Waals surface area contributed by atoms with Crippen molar-refractivity contribution in [3.8, 4) is 0 Å². The molecule has 0 aromatic carbocycles. The summed E-state index contributed by atoms with van der Waals surface area (Å²) in [6, 6.07) is 0. The maximum atomic E-state index is 11.9. The summed E-state index contributed by atoms with van der Waals surface area (Å²) in [7, 11) is -3.77. The van der Waals surface area contributed by atoms with Gasteiger partial charge in [-0.3, -0.25) is 5.41 Å². The molecule has 0 saturated heterocycles. The van der Waals surface area contributed by atoms with Gasteiger partial charge in [0, 0.05) is 18.4 Å². The highest BCUT2D eigenvalue weighted by Gasteiger charge is 2.28. The van der Waals surface area contributed by atoms with E-state index in [1.807, 2.05) is 0 Å². The Bertz CT molecular complexity index is 390. The Balaban J connectivity index is 4.22. The van der Waals surface area contributed by atoms with Crippen molar-refractivity contribution in [2.24, 2.45) is 11.1 Å². The normalized spacial score (nSPS) is 13.6. The number of amidine groups is 1. The molecule has 5 nitrogen and oxygen atoms in total. The molecule has 0 rings (SSSR count). The molecule has 0 aliphatic rings. The van der Waals surface area contributed by atoms with Crippen LogP contribution < -0.4 is 10.5 Å². The maximum Gasteiger partial charge on any atom is 0.389 e. The highest BCUT2D eigenvalue weighted by Crippen LogP contribution is 2.21. The summed E-state index contributed by atoms with van der Waals surface area (Å²) >= 11 is 0. The second-order valence-corrected chi connectivity index (χ2v) is 6.58. The molecule has 4 N–H and O–H groups in total. The van der Waals surface area contributed by atoms with Crippen LogP contribution in [0.4, 0.5) is 13.2 Å². The van der Waals surface area contributed by atoms with E-state index in [0.29, 0.717) is 0 Å². The van der Waals surface area contributed by atoms with Gasteiger partial charge in [-0.1, -0.05) is 13.8 Å². The first-order valence-corrected chi connectivity index (χ1v) is 6.89. The Morgan fingerprint density at radius 3 is 2.22 bits per heavy atom. The molecule has 0 atom stereocenters. The molecular formula is C9H18F3N3O2S. The molecule has 0 heterocycles. The van der Waals surface area contributed by atoms with Crippen molar-refractivity contribution in [3.63, 3.8) is 0 Å². The molecule has 18 heavy (non-hydrogen) atoms. The minimum Gasteiger partial charge on any atom is -0.387 e. The molecule has 0 aliphatic heterocycles. The van der Waals surface area contributed by atoms with Gasteiger partial charge >= 0.3 is 6.18 Å². The molecule has 0 unspecified atom stereocenters. The van der Waals surface area contributed by atoms with E-state index in [9.17, 15) is 21.6 Å². The molecule has 0 aromatic heterocycles. The summed E-state index contributed by atoms with van der Waals surface area (Å²) in [5.41, 5.74) is 4.39. The SMILES string of the molecule is CC(C)(CNS(=O)(=O)CCCC(F)(F)F)C(=N)N. The lowest BCUT2D eigenvalue weighted by Gasteiger charge is -2.23. The Kier molecular flexibility index (Phi) is 5.60. The highest BCUT2D eigenvalue weighted by molar-refractivity contribution is 7.89. The largest absolute Gasteiger partial charge is 0.389 e. The fourth-order valence-electron chi connectivity index (χ4n) is 0.920. The van der Waals surface area contributed by atoms with Crippen LogP contribution in [0.2, 0.25) is 0 Å². The third kappa shape index (κ3) is 7.49. The van der Waals surface area contributed by atoms with Crippen LogP contribution in [-0.2, 0) is 10.0 Å². The lowest BCUT2D eigenvalue weighted by atomic mass is 9.93. The topological polar surface area (TPSA) is 96.0 Å². The van der Waals surface area contributed by atoms with Crippen LogP contribution in [0.15, 0.2) is 0 Å². The average Bonchev–Trinajstić information content (AvgIpc) is 2.12. The fraction of sp³-hybridized carbons (Fsp3) is 0.889. The Labute approximate surface area is 104 Å². The zero-order chi connectivity index (χ0) is 14.6. The number of nitrogens with two attached hydrogens (primary N) is 1. The summed E-state index contributed by atoms with van der Waals surface area (Å²) in [4.78, 5) is 0. The molecule has 0 fully saturated rings. The zero-order valence-corrected chi connectivity index (χ0v) is 11.1. The van der Waals surface area contributed by atoms with Gasteiger partial charge in [0.2, 0.25) is 10.0 Å². The third-order valence-corrected chi connectivity index (χ3v) is 3.75. The van der Waals surface area contributed by atoms with Crippen LogP contribution in [0.1, 0.15) is 26.7 Å². The molecule has 0 aliphatic carbocycles. The molecule has 0 spiro atoms. The molecule has 0 saturated carbocycles. The van der Waals surface area contributed by atoms with Crippen molar-refractivity contribution in [2.45, 2.75) is 32.9 Å². The van der Waals surface area contributed by atoms with Gasteiger partial charge in [-0.05, 0) is 6.42 Å². The predicted octanol–water partition coefficient (Wildman–Crippen LogP) is 1.21. The number of rotatable bonds is 7. The zero-order valence-electron chi connectivity index (χ0n) is 10.3. The lowest BCUT2D eigenvalue weighted by Crippen LogP contribution is -2.42. The molecule has 0 aromatic rings. The first-order chi connectivity index (χ1) is 7.86. The van der Waals surface area contributed by atoms with Crippen LogP contribution in [0.3, 0.4) is 0 Å². The van der Waals surface area contributed by atoms with Crippen molar-refractivity contribution in [2.75, 3.05) is 12.3 Å². The molecule has 9 heteroatoms. The predicted molar refractivity (Wildman–Crippen MR) is 62.8 cm³/mol. The van der Waals surface area contributed by atoms with Crippen molar-refractivity contribution >= 4 is 15.9 Å². The van der Waals surface area contributed by atoms with Crippen LogP contribution in [0.5, 0.6) is 0 Å². The molecule has 0 radical (unpaired) electrons. The van der Waals surface area contributed by atoms with Crippen LogP contribution >= 0.6 is 0 Å². The van der Waals surface area contributed by atoms with E-state index in [4.69, 9.17) is 11.1 Å². The summed E-state index contributed by atoms with van der Waals surface area (Å²) in [6.07, 6.45) is -5.97. The smallest absolute Gasteiger partial charge is 0.387 e. The number of alkyl halides is 3.